The van der Waals surface area contributed by atoms with Crippen molar-refractivity contribution in [2.75, 3.05) is 18.0 Å². The van der Waals surface area contributed by atoms with Gasteiger partial charge in [0, 0.05) is 24.7 Å². The van der Waals surface area contributed by atoms with E-state index in [9.17, 15) is 5.11 Å². The molecule has 0 fully saturated rings. The zero-order chi connectivity index (χ0) is 11.8. The van der Waals surface area contributed by atoms with Gasteiger partial charge in [-0.25, -0.2) is 0 Å². The molecule has 1 aliphatic rings. The number of benzene rings is 1. The lowest BCUT2D eigenvalue weighted by molar-refractivity contribution is 0.0644. The van der Waals surface area contributed by atoms with E-state index in [1.165, 1.54) is 11.3 Å². The van der Waals surface area contributed by atoms with Crippen LogP contribution in [0.3, 0.4) is 0 Å². The summed E-state index contributed by atoms with van der Waals surface area (Å²) in [5.41, 5.74) is 2.16. The summed E-state index contributed by atoms with van der Waals surface area (Å²) in [7, 11) is 0. The Labute approximate surface area is 97.9 Å². The summed E-state index contributed by atoms with van der Waals surface area (Å²) in [5, 5.41) is 9.94. The van der Waals surface area contributed by atoms with Crippen LogP contribution in [0.4, 0.5) is 5.69 Å². The first-order valence-corrected chi connectivity index (χ1v) is 6.07. The number of aliphatic hydroxyl groups is 1. The number of hydrogen-bond acceptors (Lipinski definition) is 2. The lowest BCUT2D eigenvalue weighted by Gasteiger charge is -2.22. The molecule has 1 heterocycles. The molecule has 1 aromatic carbocycles. The molecule has 1 atom stereocenters. The molecule has 88 valence electrons. The molecule has 0 spiro atoms. The molecule has 0 amide bonds. The Morgan fingerprint density at radius 1 is 1.38 bits per heavy atom. The first-order chi connectivity index (χ1) is 7.51. The fourth-order valence-electron chi connectivity index (χ4n) is 2.66. The molecule has 1 aliphatic heterocycles. The third-order valence-corrected chi connectivity index (χ3v) is 3.29. The monoisotopic (exact) mass is 219 g/mol. The highest BCUT2D eigenvalue weighted by molar-refractivity contribution is 5.60. The quantitative estimate of drug-likeness (QED) is 0.845. The SMILES string of the molecule is CCN1CC(CC(C)(C)O)c2ccccc21. The molecule has 1 unspecified atom stereocenters. The average Bonchev–Trinajstić information content (AvgIpc) is 2.55. The van der Waals surface area contributed by atoms with Gasteiger partial charge >= 0.3 is 0 Å². The van der Waals surface area contributed by atoms with E-state index in [4.69, 9.17) is 0 Å². The third kappa shape index (κ3) is 2.22. The number of para-hydroxylation sites is 1. The molecule has 0 radical (unpaired) electrons. The van der Waals surface area contributed by atoms with Crippen LogP contribution < -0.4 is 4.90 Å². The molecular weight excluding hydrogens is 198 g/mol. The van der Waals surface area contributed by atoms with Crippen molar-refractivity contribution in [3.8, 4) is 0 Å². The molecule has 2 heteroatoms. The second kappa shape index (κ2) is 4.10. The number of hydrogen-bond donors (Lipinski definition) is 1. The van der Waals surface area contributed by atoms with Gasteiger partial charge in [-0.3, -0.25) is 0 Å². The largest absolute Gasteiger partial charge is 0.390 e. The normalized spacial score (nSPS) is 20.0. The zero-order valence-electron chi connectivity index (χ0n) is 10.4. The molecule has 0 bridgehead atoms. The van der Waals surface area contributed by atoms with E-state index >= 15 is 0 Å². The van der Waals surface area contributed by atoms with Gasteiger partial charge in [-0.15, -0.1) is 0 Å². The van der Waals surface area contributed by atoms with Crippen molar-refractivity contribution >= 4 is 5.69 Å². The summed E-state index contributed by atoms with van der Waals surface area (Å²) in [5.74, 6) is 0.469. The number of anilines is 1. The fraction of sp³-hybridized carbons (Fsp3) is 0.571. The van der Waals surface area contributed by atoms with Crippen LogP contribution in [0.15, 0.2) is 24.3 Å². The van der Waals surface area contributed by atoms with Crippen molar-refractivity contribution < 1.29 is 5.11 Å². The van der Waals surface area contributed by atoms with E-state index in [-0.39, 0.29) is 0 Å². The minimum atomic E-state index is -0.582. The van der Waals surface area contributed by atoms with Gasteiger partial charge < -0.3 is 10.0 Å². The zero-order valence-corrected chi connectivity index (χ0v) is 10.4. The maximum atomic E-state index is 9.94. The topological polar surface area (TPSA) is 23.5 Å². The highest BCUT2D eigenvalue weighted by atomic mass is 16.3. The predicted molar refractivity (Wildman–Crippen MR) is 68.0 cm³/mol. The number of fused-ring (bicyclic) bond motifs is 1. The summed E-state index contributed by atoms with van der Waals surface area (Å²) >= 11 is 0. The van der Waals surface area contributed by atoms with Gasteiger partial charge in [0.1, 0.15) is 0 Å². The lowest BCUT2D eigenvalue weighted by atomic mass is 9.89. The van der Waals surface area contributed by atoms with Gasteiger partial charge in [0.25, 0.3) is 0 Å². The molecule has 0 saturated heterocycles. The molecule has 16 heavy (non-hydrogen) atoms. The Balaban J connectivity index is 2.26. The van der Waals surface area contributed by atoms with Crippen LogP contribution in [0.1, 0.15) is 38.7 Å². The van der Waals surface area contributed by atoms with Crippen LogP contribution >= 0.6 is 0 Å². The van der Waals surface area contributed by atoms with Crippen molar-refractivity contribution in [2.24, 2.45) is 0 Å². The summed E-state index contributed by atoms with van der Waals surface area (Å²) in [6.07, 6.45) is 0.834. The van der Waals surface area contributed by atoms with Crippen LogP contribution in [0, 0.1) is 0 Å². The Hall–Kier alpha value is -1.02. The van der Waals surface area contributed by atoms with Crippen molar-refractivity contribution in [2.45, 2.75) is 38.7 Å². The van der Waals surface area contributed by atoms with Crippen molar-refractivity contribution in [3.63, 3.8) is 0 Å². The van der Waals surface area contributed by atoms with E-state index in [0.29, 0.717) is 5.92 Å². The first-order valence-electron chi connectivity index (χ1n) is 6.07. The molecule has 1 aromatic rings. The van der Waals surface area contributed by atoms with E-state index in [1.54, 1.807) is 0 Å². The standard InChI is InChI=1S/C14H21NO/c1-4-15-10-11(9-14(2,3)16)12-7-5-6-8-13(12)15/h5-8,11,16H,4,9-10H2,1-3H3. The maximum Gasteiger partial charge on any atom is 0.0598 e. The van der Waals surface area contributed by atoms with Gasteiger partial charge in [0.15, 0.2) is 0 Å². The highest BCUT2D eigenvalue weighted by Crippen LogP contribution is 2.39. The first kappa shape index (κ1) is 11.5. The van der Waals surface area contributed by atoms with Crippen LogP contribution in [0.25, 0.3) is 0 Å². The van der Waals surface area contributed by atoms with Crippen LogP contribution in [-0.4, -0.2) is 23.8 Å². The second-order valence-corrected chi connectivity index (χ2v) is 5.31. The summed E-state index contributed by atoms with van der Waals surface area (Å²) in [6.45, 7) is 8.05. The number of rotatable bonds is 3. The van der Waals surface area contributed by atoms with E-state index < -0.39 is 5.60 Å². The number of nitrogens with zero attached hydrogens (tertiary/aromatic N) is 1. The predicted octanol–water partition coefficient (Wildman–Crippen LogP) is 2.77. The van der Waals surface area contributed by atoms with E-state index in [1.807, 2.05) is 13.8 Å². The van der Waals surface area contributed by atoms with Crippen LogP contribution in [0.2, 0.25) is 0 Å². The van der Waals surface area contributed by atoms with Gasteiger partial charge in [-0.05, 0) is 38.8 Å². The Morgan fingerprint density at radius 2 is 2.06 bits per heavy atom. The van der Waals surface area contributed by atoms with Crippen molar-refractivity contribution in [1.82, 2.24) is 0 Å². The minimum absolute atomic E-state index is 0.469. The minimum Gasteiger partial charge on any atom is -0.390 e. The van der Waals surface area contributed by atoms with Gasteiger partial charge in [0.05, 0.1) is 5.60 Å². The van der Waals surface area contributed by atoms with Crippen LogP contribution in [-0.2, 0) is 0 Å². The second-order valence-electron chi connectivity index (χ2n) is 5.31. The number of likely N-dealkylation sites (N-methyl/N-ethyl adjacent to an activating group) is 1. The van der Waals surface area contributed by atoms with Gasteiger partial charge in [0.2, 0.25) is 0 Å². The van der Waals surface area contributed by atoms with Crippen molar-refractivity contribution in [3.05, 3.63) is 29.8 Å². The lowest BCUT2D eigenvalue weighted by Crippen LogP contribution is -2.26. The molecule has 2 rings (SSSR count). The van der Waals surface area contributed by atoms with Gasteiger partial charge in [-0.1, -0.05) is 18.2 Å². The summed E-state index contributed by atoms with van der Waals surface area (Å²) in [4.78, 5) is 2.39. The molecule has 2 nitrogen and oxygen atoms in total. The summed E-state index contributed by atoms with van der Waals surface area (Å²) in [6, 6.07) is 8.56. The Kier molecular flexibility index (Phi) is 2.94. The van der Waals surface area contributed by atoms with Crippen LogP contribution in [0.5, 0.6) is 0 Å². The highest BCUT2D eigenvalue weighted by Gasteiger charge is 2.31. The molecule has 0 saturated carbocycles. The fourth-order valence-corrected chi connectivity index (χ4v) is 2.66. The average molecular weight is 219 g/mol. The van der Waals surface area contributed by atoms with E-state index in [0.717, 1.165) is 19.5 Å². The van der Waals surface area contributed by atoms with E-state index in [2.05, 4.69) is 36.1 Å². The Bertz CT molecular complexity index is 367. The molecule has 0 aromatic heterocycles. The molecular formula is C14H21NO. The molecule has 1 N–H and O–H groups in total. The molecule has 0 aliphatic carbocycles. The van der Waals surface area contributed by atoms with Gasteiger partial charge in [-0.2, -0.15) is 0 Å². The third-order valence-electron chi connectivity index (χ3n) is 3.29. The smallest absolute Gasteiger partial charge is 0.0598 e. The maximum absolute atomic E-state index is 9.94. The Morgan fingerprint density at radius 3 is 2.69 bits per heavy atom. The van der Waals surface area contributed by atoms with Crippen molar-refractivity contribution in [1.29, 1.82) is 0 Å². The summed E-state index contributed by atoms with van der Waals surface area (Å²) < 4.78 is 0.